The number of carbonyl (C=O) groups is 2. The fourth-order valence-corrected chi connectivity index (χ4v) is 5.46. The highest BCUT2D eigenvalue weighted by atomic mass is 16.5. The summed E-state index contributed by atoms with van der Waals surface area (Å²) in [6, 6.07) is 11.9. The summed E-state index contributed by atoms with van der Waals surface area (Å²) in [5.41, 5.74) is 3.42. The number of anilines is 2. The van der Waals surface area contributed by atoms with Crippen LogP contribution in [0.2, 0.25) is 0 Å². The molecule has 3 atom stereocenters. The number of carbonyl (C=O) groups excluding carboxylic acids is 2. The number of rotatable bonds is 10. The first-order chi connectivity index (χ1) is 20.6. The highest BCUT2D eigenvalue weighted by molar-refractivity contribution is 5.97. The summed E-state index contributed by atoms with van der Waals surface area (Å²) in [5.74, 6) is 0.832. The fourth-order valence-electron chi connectivity index (χ4n) is 5.46. The van der Waals surface area contributed by atoms with Crippen LogP contribution in [-0.4, -0.2) is 44.3 Å². The molecule has 0 spiro atoms. The largest absolute Gasteiger partial charge is 0.508 e. The molecule has 4 N–H and O–H groups in total. The Morgan fingerprint density at radius 3 is 2.30 bits per heavy atom. The van der Waals surface area contributed by atoms with Crippen LogP contribution in [-0.2, 0) is 16.0 Å². The molecule has 3 aromatic carbocycles. The first-order valence-corrected chi connectivity index (χ1v) is 14.3. The number of benzene rings is 2. The van der Waals surface area contributed by atoms with Crippen LogP contribution >= 0.6 is 0 Å². The van der Waals surface area contributed by atoms with E-state index < -0.39 is 12.1 Å². The second-order valence-electron chi connectivity index (χ2n) is 10.6. The average molecular weight is 590 g/mol. The molecule has 0 heterocycles. The predicted octanol–water partition coefficient (Wildman–Crippen LogP) is 5.03. The second kappa shape index (κ2) is 13.5. The molecule has 0 fully saturated rings. The number of fused-ring (bicyclic) bond motifs is 3. The van der Waals surface area contributed by atoms with E-state index in [1.54, 1.807) is 32.4 Å². The van der Waals surface area contributed by atoms with Gasteiger partial charge in [0.2, 0.25) is 23.0 Å². The molecular weight excluding hydrogens is 550 g/mol. The second-order valence-corrected chi connectivity index (χ2v) is 10.6. The van der Waals surface area contributed by atoms with Crippen molar-refractivity contribution in [1.29, 1.82) is 0 Å². The third-order valence-electron chi connectivity index (χ3n) is 7.86. The van der Waals surface area contributed by atoms with E-state index in [1.165, 1.54) is 32.2 Å². The fraction of sp³-hybridized carbons (Fsp3) is 0.364. The maximum atomic E-state index is 13.8. The smallest absolute Gasteiger partial charge is 0.247 e. The van der Waals surface area contributed by atoms with Crippen molar-refractivity contribution >= 4 is 23.2 Å². The molecule has 10 nitrogen and oxygen atoms in total. The van der Waals surface area contributed by atoms with Crippen LogP contribution in [0.4, 0.5) is 11.4 Å². The molecule has 0 saturated heterocycles. The lowest BCUT2D eigenvalue weighted by Crippen LogP contribution is -2.40. The zero-order chi connectivity index (χ0) is 31.3. The quantitative estimate of drug-likeness (QED) is 0.242. The number of amides is 2. The lowest BCUT2D eigenvalue weighted by molar-refractivity contribution is -0.120. The summed E-state index contributed by atoms with van der Waals surface area (Å²) in [6.07, 6.45) is 1.80. The van der Waals surface area contributed by atoms with E-state index in [0.29, 0.717) is 53.3 Å². The molecule has 10 heteroatoms. The Bertz CT molecular complexity index is 1560. The van der Waals surface area contributed by atoms with Gasteiger partial charge < -0.3 is 35.3 Å². The first-order valence-electron chi connectivity index (χ1n) is 14.3. The molecule has 0 bridgehead atoms. The van der Waals surface area contributed by atoms with Crippen LogP contribution in [0, 0.1) is 5.92 Å². The SMILES string of the molecule is CC[C@@H](C)[C@H](Nc1ccc2c(cc1=O)[C@@H](NC(C)=O)CCc1cc(OC)c(OC)c(OC)c1-2)C(=O)Nc1ccc(O)cc1. The number of ether oxygens (including phenoxy) is 3. The van der Waals surface area contributed by atoms with Gasteiger partial charge in [-0.15, -0.1) is 0 Å². The summed E-state index contributed by atoms with van der Waals surface area (Å²) in [6.45, 7) is 5.35. The maximum absolute atomic E-state index is 13.8. The van der Waals surface area contributed by atoms with Gasteiger partial charge in [0.05, 0.1) is 33.1 Å². The van der Waals surface area contributed by atoms with Crippen molar-refractivity contribution in [3.63, 3.8) is 0 Å². The van der Waals surface area contributed by atoms with E-state index in [2.05, 4.69) is 16.0 Å². The Morgan fingerprint density at radius 1 is 1.00 bits per heavy atom. The van der Waals surface area contributed by atoms with Crippen LogP contribution in [0.15, 0.2) is 53.3 Å². The topological polar surface area (TPSA) is 135 Å². The molecule has 0 radical (unpaired) electrons. The van der Waals surface area contributed by atoms with Crippen LogP contribution in [0.25, 0.3) is 11.1 Å². The van der Waals surface area contributed by atoms with Gasteiger partial charge in [-0.05, 0) is 77.9 Å². The molecule has 0 saturated carbocycles. The number of hydrogen-bond acceptors (Lipinski definition) is 8. The van der Waals surface area contributed by atoms with E-state index in [9.17, 15) is 19.5 Å². The monoisotopic (exact) mass is 589 g/mol. The van der Waals surface area contributed by atoms with Gasteiger partial charge in [0.15, 0.2) is 11.5 Å². The van der Waals surface area contributed by atoms with Gasteiger partial charge in [0.1, 0.15) is 11.8 Å². The zero-order valence-corrected chi connectivity index (χ0v) is 25.4. The minimum Gasteiger partial charge on any atom is -0.508 e. The van der Waals surface area contributed by atoms with Crippen molar-refractivity contribution in [1.82, 2.24) is 5.32 Å². The number of hydrogen-bond donors (Lipinski definition) is 4. The maximum Gasteiger partial charge on any atom is 0.247 e. The normalized spacial score (nSPS) is 15.1. The summed E-state index contributed by atoms with van der Waals surface area (Å²) in [4.78, 5) is 39.4. The molecule has 4 rings (SSSR count). The van der Waals surface area contributed by atoms with Gasteiger partial charge in [-0.3, -0.25) is 14.4 Å². The van der Waals surface area contributed by atoms with Crippen molar-refractivity contribution in [2.75, 3.05) is 32.0 Å². The molecule has 0 aliphatic heterocycles. The molecule has 2 amide bonds. The van der Waals surface area contributed by atoms with E-state index in [-0.39, 0.29) is 34.6 Å². The molecule has 0 aromatic heterocycles. The van der Waals surface area contributed by atoms with Gasteiger partial charge in [0.25, 0.3) is 0 Å². The van der Waals surface area contributed by atoms with E-state index in [4.69, 9.17) is 14.2 Å². The number of aryl methyl sites for hydroxylation is 1. The Kier molecular flexibility index (Phi) is 9.80. The molecular formula is C33H39N3O7. The standard InChI is InChI=1S/C33H39N3O7/c1-7-18(2)30(33(40)35-21-9-11-22(38)12-10-21)36-26-15-13-23-24(17-27(26)39)25(34-19(3)37)14-8-20-16-28(41-4)31(42-5)32(43-6)29(20)23/h9-13,15-18,25,30,38H,7-8,14H2,1-6H3,(H,34,37)(H,35,40)(H,36,39)/t18-,25+,30+/m1/s1. The van der Waals surface area contributed by atoms with Crippen LogP contribution in [0.1, 0.15) is 50.8 Å². The summed E-state index contributed by atoms with van der Waals surface area (Å²) in [7, 11) is 4.64. The molecule has 1 aliphatic rings. The number of phenolic OH excluding ortho intramolecular Hbond substituents is 1. The molecule has 1 aliphatic carbocycles. The molecule has 43 heavy (non-hydrogen) atoms. The minimum atomic E-state index is -0.731. The lowest BCUT2D eigenvalue weighted by atomic mass is 9.95. The van der Waals surface area contributed by atoms with Crippen LogP contribution in [0.5, 0.6) is 23.0 Å². The van der Waals surface area contributed by atoms with Crippen molar-refractivity contribution in [2.24, 2.45) is 5.92 Å². The van der Waals surface area contributed by atoms with E-state index in [1.807, 2.05) is 26.0 Å². The number of aromatic hydroxyl groups is 1. The Labute approximate surface area is 251 Å². The molecule has 0 unspecified atom stereocenters. The van der Waals surface area contributed by atoms with Gasteiger partial charge in [-0.25, -0.2) is 0 Å². The summed E-state index contributed by atoms with van der Waals surface area (Å²) in [5, 5.41) is 18.7. The third-order valence-corrected chi connectivity index (χ3v) is 7.86. The Hall–Kier alpha value is -4.73. The number of phenols is 1. The van der Waals surface area contributed by atoms with Crippen molar-refractivity contribution < 1.29 is 28.9 Å². The van der Waals surface area contributed by atoms with Gasteiger partial charge >= 0.3 is 0 Å². The average Bonchev–Trinajstić information content (AvgIpc) is 3.23. The first kappa shape index (κ1) is 31.2. The van der Waals surface area contributed by atoms with Crippen molar-refractivity contribution in [3.8, 4) is 34.1 Å². The third kappa shape index (κ3) is 6.69. The van der Waals surface area contributed by atoms with E-state index in [0.717, 1.165) is 11.1 Å². The molecule has 228 valence electrons. The van der Waals surface area contributed by atoms with Gasteiger partial charge in [0, 0.05) is 18.2 Å². The van der Waals surface area contributed by atoms with Crippen LogP contribution < -0.4 is 35.6 Å². The van der Waals surface area contributed by atoms with Crippen LogP contribution in [0.3, 0.4) is 0 Å². The van der Waals surface area contributed by atoms with E-state index >= 15 is 0 Å². The Balaban J connectivity index is 1.86. The van der Waals surface area contributed by atoms with Gasteiger partial charge in [-0.2, -0.15) is 0 Å². The predicted molar refractivity (Wildman–Crippen MR) is 166 cm³/mol. The summed E-state index contributed by atoms with van der Waals surface area (Å²) >= 11 is 0. The highest BCUT2D eigenvalue weighted by Crippen LogP contribution is 2.50. The lowest BCUT2D eigenvalue weighted by Gasteiger charge is -2.24. The minimum absolute atomic E-state index is 0.0917. The molecule has 3 aromatic rings. The number of methoxy groups -OCH3 is 3. The summed E-state index contributed by atoms with van der Waals surface area (Å²) < 4.78 is 17.1. The van der Waals surface area contributed by atoms with Gasteiger partial charge in [-0.1, -0.05) is 26.3 Å². The van der Waals surface area contributed by atoms with Crippen molar-refractivity contribution in [3.05, 3.63) is 69.9 Å². The Morgan fingerprint density at radius 2 is 1.70 bits per heavy atom. The number of nitrogens with one attached hydrogen (secondary N) is 3. The van der Waals surface area contributed by atoms with Crippen molar-refractivity contribution in [2.45, 2.75) is 52.1 Å². The zero-order valence-electron chi connectivity index (χ0n) is 25.4. The highest BCUT2D eigenvalue weighted by Gasteiger charge is 2.30.